The average Bonchev–Trinajstić information content (AvgIpc) is 3.10. The van der Waals surface area contributed by atoms with Gasteiger partial charge in [-0.3, -0.25) is 4.79 Å². The molecule has 0 saturated carbocycles. The first-order valence-corrected chi connectivity index (χ1v) is 8.51. The van der Waals surface area contributed by atoms with E-state index in [9.17, 15) is 4.79 Å². The topological polar surface area (TPSA) is 73.4 Å². The number of aromatic nitrogens is 1. The van der Waals surface area contributed by atoms with Gasteiger partial charge in [0.25, 0.3) is 5.91 Å². The Hall–Kier alpha value is -3.33. The minimum atomic E-state index is 0.0106. The molecule has 26 heavy (non-hydrogen) atoms. The standard InChI is InChI=1S/C20H18N4O2/c1-23-12-14(11-21)7-8-17(23)19-22-16-13-24(10-9-18(16)26-19)20(25)15-5-3-2-4-6-15/h2-8H,9-10,12-13H2,1H3. The van der Waals surface area contributed by atoms with Crippen LogP contribution >= 0.6 is 0 Å². The monoisotopic (exact) mass is 346 g/mol. The van der Waals surface area contributed by atoms with E-state index in [0.717, 1.165) is 17.2 Å². The van der Waals surface area contributed by atoms with Crippen LogP contribution in [0.4, 0.5) is 0 Å². The fourth-order valence-electron chi connectivity index (χ4n) is 3.25. The predicted octanol–water partition coefficient (Wildman–Crippen LogP) is 2.61. The van der Waals surface area contributed by atoms with Gasteiger partial charge in [0.2, 0.25) is 5.89 Å². The second kappa shape index (κ2) is 6.52. The number of oxazole rings is 1. The van der Waals surface area contributed by atoms with E-state index in [1.165, 1.54) is 0 Å². The van der Waals surface area contributed by atoms with Crippen LogP contribution in [0.5, 0.6) is 0 Å². The molecular weight excluding hydrogens is 328 g/mol. The zero-order chi connectivity index (χ0) is 18.1. The molecule has 4 rings (SSSR count). The number of carbonyl (C=O) groups is 1. The first-order valence-electron chi connectivity index (χ1n) is 8.51. The van der Waals surface area contributed by atoms with E-state index < -0.39 is 0 Å². The van der Waals surface area contributed by atoms with Crippen molar-refractivity contribution in [3.63, 3.8) is 0 Å². The molecular formula is C20H18N4O2. The van der Waals surface area contributed by atoms with E-state index in [1.807, 2.05) is 48.4 Å². The number of nitriles is 1. The molecule has 0 radical (unpaired) electrons. The zero-order valence-electron chi connectivity index (χ0n) is 14.5. The van der Waals surface area contributed by atoms with Gasteiger partial charge in [-0.1, -0.05) is 18.2 Å². The Morgan fingerprint density at radius 3 is 2.77 bits per heavy atom. The van der Waals surface area contributed by atoms with E-state index in [2.05, 4.69) is 11.1 Å². The van der Waals surface area contributed by atoms with Gasteiger partial charge in [0.05, 0.1) is 19.2 Å². The van der Waals surface area contributed by atoms with Gasteiger partial charge in [0.1, 0.15) is 17.2 Å². The number of allylic oxidation sites excluding steroid dienone is 2. The fourth-order valence-corrected chi connectivity index (χ4v) is 3.25. The normalized spacial score (nSPS) is 16.5. The Bertz CT molecular complexity index is 950. The van der Waals surface area contributed by atoms with Gasteiger partial charge in [-0.05, 0) is 24.3 Å². The molecule has 0 atom stereocenters. The summed E-state index contributed by atoms with van der Waals surface area (Å²) in [4.78, 5) is 21.0. The van der Waals surface area contributed by atoms with Crippen LogP contribution in [0.25, 0.3) is 5.70 Å². The highest BCUT2D eigenvalue weighted by Gasteiger charge is 2.28. The smallest absolute Gasteiger partial charge is 0.254 e. The lowest BCUT2D eigenvalue weighted by Gasteiger charge is -2.25. The quantitative estimate of drug-likeness (QED) is 0.836. The van der Waals surface area contributed by atoms with Gasteiger partial charge in [-0.15, -0.1) is 0 Å². The molecule has 0 spiro atoms. The first-order chi connectivity index (χ1) is 12.7. The van der Waals surface area contributed by atoms with Gasteiger partial charge in [0.15, 0.2) is 0 Å². The third-order valence-corrected chi connectivity index (χ3v) is 4.66. The maximum Gasteiger partial charge on any atom is 0.254 e. The molecule has 2 aliphatic rings. The van der Waals surface area contributed by atoms with E-state index in [1.54, 1.807) is 11.0 Å². The SMILES string of the molecule is CN1CC(C#N)=CC=C1c1nc2c(o1)CCN(C(=O)c1ccccc1)C2. The van der Waals surface area contributed by atoms with Crippen LogP contribution in [0.1, 0.15) is 27.7 Å². The van der Waals surface area contributed by atoms with Crippen molar-refractivity contribution in [3.8, 4) is 6.07 Å². The molecule has 6 heteroatoms. The maximum absolute atomic E-state index is 12.6. The van der Waals surface area contributed by atoms with Gasteiger partial charge in [0, 0.05) is 31.1 Å². The number of fused-ring (bicyclic) bond motifs is 1. The molecule has 0 aliphatic carbocycles. The molecule has 0 saturated heterocycles. The summed E-state index contributed by atoms with van der Waals surface area (Å²) in [5.74, 6) is 1.39. The van der Waals surface area contributed by atoms with Gasteiger partial charge in [-0.25, -0.2) is 4.98 Å². The molecule has 1 amide bonds. The molecule has 3 heterocycles. The van der Waals surface area contributed by atoms with Crippen LogP contribution in [0, 0.1) is 11.3 Å². The largest absolute Gasteiger partial charge is 0.440 e. The summed E-state index contributed by atoms with van der Waals surface area (Å²) in [5, 5.41) is 9.02. The molecule has 2 aromatic rings. The molecule has 1 aromatic carbocycles. The molecule has 0 fully saturated rings. The number of hydrogen-bond acceptors (Lipinski definition) is 5. The highest BCUT2D eigenvalue weighted by Crippen LogP contribution is 2.27. The Kier molecular flexibility index (Phi) is 4.05. The highest BCUT2D eigenvalue weighted by molar-refractivity contribution is 5.94. The van der Waals surface area contributed by atoms with Crippen LogP contribution in [0.15, 0.2) is 52.5 Å². The summed E-state index contributed by atoms with van der Waals surface area (Å²) in [6, 6.07) is 11.5. The molecule has 6 nitrogen and oxygen atoms in total. The Morgan fingerprint density at radius 1 is 1.23 bits per heavy atom. The van der Waals surface area contributed by atoms with E-state index in [-0.39, 0.29) is 5.91 Å². The molecule has 0 unspecified atom stereocenters. The summed E-state index contributed by atoms with van der Waals surface area (Å²) in [6.45, 7) is 1.60. The summed E-state index contributed by atoms with van der Waals surface area (Å²) in [7, 11) is 1.91. The Labute approximate surface area is 151 Å². The predicted molar refractivity (Wildman–Crippen MR) is 95.7 cm³/mol. The lowest BCUT2D eigenvalue weighted by atomic mass is 10.1. The number of carbonyl (C=O) groups excluding carboxylic acids is 1. The number of hydrogen-bond donors (Lipinski definition) is 0. The van der Waals surface area contributed by atoms with Crippen molar-refractivity contribution in [1.29, 1.82) is 5.26 Å². The average molecular weight is 346 g/mol. The third-order valence-electron chi connectivity index (χ3n) is 4.66. The number of rotatable bonds is 2. The molecule has 1 aromatic heterocycles. The number of nitrogens with zero attached hydrogens (tertiary/aromatic N) is 4. The zero-order valence-corrected chi connectivity index (χ0v) is 14.5. The van der Waals surface area contributed by atoms with Crippen molar-refractivity contribution in [3.05, 3.63) is 71.0 Å². The lowest BCUT2D eigenvalue weighted by Crippen LogP contribution is -2.35. The van der Waals surface area contributed by atoms with E-state index in [4.69, 9.17) is 9.68 Å². The number of amides is 1. The first kappa shape index (κ1) is 16.2. The summed E-state index contributed by atoms with van der Waals surface area (Å²) in [6.07, 6.45) is 4.30. The van der Waals surface area contributed by atoms with Gasteiger partial charge in [-0.2, -0.15) is 5.26 Å². The van der Waals surface area contributed by atoms with Crippen molar-refractivity contribution in [2.24, 2.45) is 0 Å². The van der Waals surface area contributed by atoms with Crippen molar-refractivity contribution in [1.82, 2.24) is 14.8 Å². The Balaban J connectivity index is 1.57. The fraction of sp³-hybridized carbons (Fsp3) is 0.250. The van der Waals surface area contributed by atoms with Crippen molar-refractivity contribution in [2.75, 3.05) is 20.1 Å². The lowest BCUT2D eigenvalue weighted by molar-refractivity contribution is 0.0728. The molecule has 2 aliphatic heterocycles. The van der Waals surface area contributed by atoms with Gasteiger partial charge < -0.3 is 14.2 Å². The summed E-state index contributed by atoms with van der Waals surface area (Å²) >= 11 is 0. The summed E-state index contributed by atoms with van der Waals surface area (Å²) < 4.78 is 5.95. The van der Waals surface area contributed by atoms with E-state index >= 15 is 0 Å². The second-order valence-corrected chi connectivity index (χ2v) is 6.44. The maximum atomic E-state index is 12.6. The van der Waals surface area contributed by atoms with Crippen LogP contribution in [0.2, 0.25) is 0 Å². The van der Waals surface area contributed by atoms with Crippen molar-refractivity contribution >= 4 is 11.6 Å². The minimum Gasteiger partial charge on any atom is -0.440 e. The van der Waals surface area contributed by atoms with Gasteiger partial charge >= 0.3 is 0 Å². The molecule has 0 bridgehead atoms. The Morgan fingerprint density at radius 2 is 2.04 bits per heavy atom. The van der Waals surface area contributed by atoms with Crippen molar-refractivity contribution in [2.45, 2.75) is 13.0 Å². The molecule has 0 N–H and O–H groups in total. The van der Waals surface area contributed by atoms with Crippen LogP contribution in [-0.2, 0) is 13.0 Å². The summed E-state index contributed by atoms with van der Waals surface area (Å²) in [5.41, 5.74) is 3.04. The van der Waals surface area contributed by atoms with Crippen LogP contribution in [0.3, 0.4) is 0 Å². The third kappa shape index (κ3) is 2.88. The minimum absolute atomic E-state index is 0.0106. The number of benzene rings is 1. The highest BCUT2D eigenvalue weighted by atomic mass is 16.4. The number of likely N-dealkylation sites (N-methyl/N-ethyl adjacent to an activating group) is 1. The molecule has 130 valence electrons. The van der Waals surface area contributed by atoms with Crippen molar-refractivity contribution < 1.29 is 9.21 Å². The van der Waals surface area contributed by atoms with E-state index in [0.29, 0.717) is 43.1 Å². The van der Waals surface area contributed by atoms with Crippen LogP contribution < -0.4 is 0 Å². The second-order valence-electron chi connectivity index (χ2n) is 6.44. The van der Waals surface area contributed by atoms with Crippen LogP contribution in [-0.4, -0.2) is 40.8 Å².